The van der Waals surface area contributed by atoms with Gasteiger partial charge in [0.15, 0.2) is 5.16 Å². The second-order valence-corrected chi connectivity index (χ2v) is 10.0. The van der Waals surface area contributed by atoms with E-state index in [9.17, 15) is 4.79 Å². The molecule has 0 saturated heterocycles. The average molecular weight is 464 g/mol. The predicted octanol–water partition coefficient (Wildman–Crippen LogP) is 6.03. The highest BCUT2D eigenvalue weighted by Gasteiger charge is 2.23. The van der Waals surface area contributed by atoms with Crippen molar-refractivity contribution in [3.05, 3.63) is 64.7 Å². The summed E-state index contributed by atoms with van der Waals surface area (Å²) >= 11 is 2.80. The van der Waals surface area contributed by atoms with Crippen molar-refractivity contribution in [2.45, 2.75) is 44.5 Å². The van der Waals surface area contributed by atoms with Gasteiger partial charge in [0.25, 0.3) is 0 Å². The molecule has 2 N–H and O–H groups in total. The number of carbonyl (C=O) groups excluding carboxylic acids is 1. The quantitative estimate of drug-likeness (QED) is 0.327. The number of thioether (sulfide) groups is 1. The SMILES string of the molecule is CCC(Sc1nc(-c2ccc(C)cc2)c(-c2ccc(C)cc2)[nH]1)C(=O)Nc1nnc(C)s1. The summed E-state index contributed by atoms with van der Waals surface area (Å²) in [6, 6.07) is 16.7. The molecule has 0 radical (unpaired) electrons. The molecule has 1 amide bonds. The minimum Gasteiger partial charge on any atom is -0.332 e. The van der Waals surface area contributed by atoms with Gasteiger partial charge < -0.3 is 4.98 Å². The molecule has 4 aromatic rings. The van der Waals surface area contributed by atoms with Gasteiger partial charge in [-0.15, -0.1) is 10.2 Å². The van der Waals surface area contributed by atoms with Gasteiger partial charge in [0, 0.05) is 11.1 Å². The number of anilines is 1. The van der Waals surface area contributed by atoms with Crippen molar-refractivity contribution < 1.29 is 4.79 Å². The number of nitrogens with one attached hydrogen (secondary N) is 2. The lowest BCUT2D eigenvalue weighted by Gasteiger charge is -2.11. The number of nitrogens with zero attached hydrogens (tertiary/aromatic N) is 3. The molecular formula is C24H25N5OS2. The number of hydrogen-bond donors (Lipinski definition) is 2. The maximum absolute atomic E-state index is 12.8. The van der Waals surface area contributed by atoms with Crippen LogP contribution in [0.4, 0.5) is 5.13 Å². The lowest BCUT2D eigenvalue weighted by atomic mass is 10.0. The molecule has 0 aliphatic heterocycles. The fraction of sp³-hybridized carbons (Fsp3) is 0.250. The number of carbonyl (C=O) groups is 1. The Balaban J connectivity index is 1.64. The number of hydrogen-bond acceptors (Lipinski definition) is 6. The van der Waals surface area contributed by atoms with E-state index in [0.29, 0.717) is 16.7 Å². The van der Waals surface area contributed by atoms with Crippen LogP contribution in [0.2, 0.25) is 0 Å². The third-order valence-electron chi connectivity index (χ3n) is 5.02. The van der Waals surface area contributed by atoms with Crippen molar-refractivity contribution in [1.29, 1.82) is 0 Å². The molecule has 2 heterocycles. The number of aromatic nitrogens is 4. The highest BCUT2D eigenvalue weighted by Crippen LogP contribution is 2.35. The van der Waals surface area contributed by atoms with Gasteiger partial charge in [-0.2, -0.15) is 0 Å². The van der Waals surface area contributed by atoms with Gasteiger partial charge in [0.05, 0.1) is 16.6 Å². The van der Waals surface area contributed by atoms with Gasteiger partial charge in [-0.1, -0.05) is 89.7 Å². The topological polar surface area (TPSA) is 83.6 Å². The predicted molar refractivity (Wildman–Crippen MR) is 132 cm³/mol. The van der Waals surface area contributed by atoms with E-state index < -0.39 is 0 Å². The lowest BCUT2D eigenvalue weighted by molar-refractivity contribution is -0.115. The van der Waals surface area contributed by atoms with E-state index in [-0.39, 0.29) is 11.2 Å². The molecule has 6 nitrogen and oxygen atoms in total. The summed E-state index contributed by atoms with van der Waals surface area (Å²) in [5.41, 5.74) is 6.33. The average Bonchev–Trinajstić information content (AvgIpc) is 3.39. The van der Waals surface area contributed by atoms with Crippen LogP contribution in [0.15, 0.2) is 53.7 Å². The molecule has 0 spiro atoms. The molecule has 0 fully saturated rings. The van der Waals surface area contributed by atoms with Crippen molar-refractivity contribution in [1.82, 2.24) is 20.2 Å². The number of imidazole rings is 1. The largest absolute Gasteiger partial charge is 0.332 e. The summed E-state index contributed by atoms with van der Waals surface area (Å²) < 4.78 is 0. The zero-order valence-corrected chi connectivity index (χ0v) is 20.1. The Labute approximate surface area is 195 Å². The number of rotatable bonds is 7. The second kappa shape index (κ2) is 9.67. The van der Waals surface area contributed by atoms with Crippen LogP contribution in [0.5, 0.6) is 0 Å². The first-order chi connectivity index (χ1) is 15.4. The summed E-state index contributed by atoms with van der Waals surface area (Å²) in [6.45, 7) is 8.00. The zero-order chi connectivity index (χ0) is 22.7. The number of aryl methyl sites for hydroxylation is 3. The molecule has 2 aromatic carbocycles. The van der Waals surface area contributed by atoms with Crippen LogP contribution < -0.4 is 5.32 Å². The highest BCUT2D eigenvalue weighted by atomic mass is 32.2. The second-order valence-electron chi connectivity index (χ2n) is 7.63. The maximum Gasteiger partial charge on any atom is 0.239 e. The molecular weight excluding hydrogens is 438 g/mol. The number of benzene rings is 2. The minimum atomic E-state index is -0.304. The molecule has 2 aromatic heterocycles. The van der Waals surface area contributed by atoms with Crippen LogP contribution in [-0.4, -0.2) is 31.3 Å². The van der Waals surface area contributed by atoms with Gasteiger partial charge in [0.1, 0.15) is 5.01 Å². The number of aromatic amines is 1. The lowest BCUT2D eigenvalue weighted by Crippen LogP contribution is -2.24. The monoisotopic (exact) mass is 463 g/mol. The molecule has 0 bridgehead atoms. The molecule has 4 rings (SSSR count). The van der Waals surface area contributed by atoms with Gasteiger partial charge in [-0.25, -0.2) is 4.98 Å². The first-order valence-electron chi connectivity index (χ1n) is 10.4. The molecule has 1 unspecified atom stereocenters. The van der Waals surface area contributed by atoms with Gasteiger partial charge in [-0.3, -0.25) is 10.1 Å². The first kappa shape index (κ1) is 22.2. The Kier molecular flexibility index (Phi) is 6.72. The van der Waals surface area contributed by atoms with E-state index in [0.717, 1.165) is 27.5 Å². The molecule has 0 aliphatic rings. The Hall–Kier alpha value is -2.97. The molecule has 0 aliphatic carbocycles. The van der Waals surface area contributed by atoms with Gasteiger partial charge in [0.2, 0.25) is 11.0 Å². The molecule has 32 heavy (non-hydrogen) atoms. The number of H-pyrrole nitrogens is 1. The van der Waals surface area contributed by atoms with Crippen LogP contribution in [0.3, 0.4) is 0 Å². The summed E-state index contributed by atoms with van der Waals surface area (Å²) in [5, 5.41) is 12.6. The van der Waals surface area contributed by atoms with Crippen molar-refractivity contribution >= 4 is 34.1 Å². The fourth-order valence-electron chi connectivity index (χ4n) is 3.25. The standard InChI is InChI=1S/C24H25N5OS2/c1-5-19(22(30)27-24-29-28-16(4)31-24)32-23-25-20(17-10-6-14(2)7-11-17)21(26-23)18-12-8-15(3)9-13-18/h6-13,19H,5H2,1-4H3,(H,25,26)(H,27,29,30). The van der Waals surface area contributed by atoms with Crippen LogP contribution >= 0.6 is 23.1 Å². The molecule has 0 saturated carbocycles. The molecule has 8 heteroatoms. The summed E-state index contributed by atoms with van der Waals surface area (Å²) in [6.07, 6.45) is 0.661. The van der Waals surface area contributed by atoms with Crippen molar-refractivity contribution in [2.75, 3.05) is 5.32 Å². The van der Waals surface area contributed by atoms with E-state index >= 15 is 0 Å². The third-order valence-corrected chi connectivity index (χ3v) is 7.02. The van der Waals surface area contributed by atoms with Gasteiger partial charge in [-0.05, 0) is 27.2 Å². The van der Waals surface area contributed by atoms with Crippen LogP contribution in [0.1, 0.15) is 29.5 Å². The molecule has 164 valence electrons. The van der Waals surface area contributed by atoms with Crippen LogP contribution in [-0.2, 0) is 4.79 Å². The Bertz CT molecular complexity index is 1150. The number of amides is 1. The van der Waals surface area contributed by atoms with E-state index in [1.54, 1.807) is 0 Å². The summed E-state index contributed by atoms with van der Waals surface area (Å²) in [4.78, 5) is 21.2. The zero-order valence-electron chi connectivity index (χ0n) is 18.5. The van der Waals surface area contributed by atoms with E-state index in [1.807, 2.05) is 13.8 Å². The Morgan fingerprint density at radius 3 is 2.19 bits per heavy atom. The van der Waals surface area contributed by atoms with Gasteiger partial charge >= 0.3 is 0 Å². The van der Waals surface area contributed by atoms with E-state index in [4.69, 9.17) is 4.98 Å². The fourth-order valence-corrected chi connectivity index (χ4v) is 4.75. The minimum absolute atomic E-state index is 0.0983. The smallest absolute Gasteiger partial charge is 0.239 e. The van der Waals surface area contributed by atoms with Crippen molar-refractivity contribution in [3.63, 3.8) is 0 Å². The summed E-state index contributed by atoms with van der Waals surface area (Å²) in [5.74, 6) is -0.0983. The third kappa shape index (κ3) is 5.08. The Morgan fingerprint density at radius 2 is 1.62 bits per heavy atom. The summed E-state index contributed by atoms with van der Waals surface area (Å²) in [7, 11) is 0. The van der Waals surface area contributed by atoms with E-state index in [1.165, 1.54) is 34.2 Å². The highest BCUT2D eigenvalue weighted by molar-refractivity contribution is 8.00. The Morgan fingerprint density at radius 1 is 1.00 bits per heavy atom. The van der Waals surface area contributed by atoms with Crippen molar-refractivity contribution in [3.8, 4) is 22.5 Å². The first-order valence-corrected chi connectivity index (χ1v) is 12.1. The van der Waals surface area contributed by atoms with Crippen molar-refractivity contribution in [2.24, 2.45) is 0 Å². The van der Waals surface area contributed by atoms with Crippen LogP contribution in [0.25, 0.3) is 22.5 Å². The molecule has 1 atom stereocenters. The van der Waals surface area contributed by atoms with E-state index in [2.05, 4.69) is 82.9 Å². The maximum atomic E-state index is 12.8. The normalized spacial score (nSPS) is 12.0. The van der Waals surface area contributed by atoms with Crippen LogP contribution in [0, 0.1) is 20.8 Å².